The molecule has 0 aromatic heterocycles. The largest absolute Gasteiger partial charge is 0.504 e. The van der Waals surface area contributed by atoms with Gasteiger partial charge >= 0.3 is 0 Å². The Morgan fingerprint density at radius 1 is 0.500 bits per heavy atom. The molecule has 0 radical (unpaired) electrons. The highest BCUT2D eigenvalue weighted by Gasteiger charge is 2.17. The zero-order valence-corrected chi connectivity index (χ0v) is 16.3. The van der Waals surface area contributed by atoms with Gasteiger partial charge in [-0.3, -0.25) is 0 Å². The van der Waals surface area contributed by atoms with Gasteiger partial charge in [-0.1, -0.05) is 60.7 Å². The van der Waals surface area contributed by atoms with Crippen molar-refractivity contribution in [1.29, 1.82) is 0 Å². The lowest BCUT2D eigenvalue weighted by Crippen LogP contribution is -1.95. The van der Waals surface area contributed by atoms with Crippen LogP contribution < -0.4 is 4.74 Å². The van der Waals surface area contributed by atoms with Gasteiger partial charge in [-0.25, -0.2) is 0 Å². The van der Waals surface area contributed by atoms with Crippen molar-refractivity contribution in [2.24, 2.45) is 0 Å². The fourth-order valence-corrected chi connectivity index (χ4v) is 3.37. The van der Waals surface area contributed by atoms with Crippen LogP contribution in [0.4, 0.5) is 0 Å². The molecule has 0 saturated carbocycles. The van der Waals surface area contributed by atoms with Gasteiger partial charge in [0.2, 0.25) is 5.75 Å². The van der Waals surface area contributed by atoms with E-state index in [2.05, 4.69) is 0 Å². The number of ether oxygens (including phenoxy) is 1. The van der Waals surface area contributed by atoms with Crippen LogP contribution in [-0.2, 0) is 12.8 Å². The number of para-hydroxylation sites is 1. The molecule has 0 amide bonds. The van der Waals surface area contributed by atoms with Gasteiger partial charge in [0.15, 0.2) is 11.5 Å². The number of benzene rings is 4. The summed E-state index contributed by atoms with van der Waals surface area (Å²) < 4.78 is 5.81. The lowest BCUT2D eigenvalue weighted by molar-refractivity contribution is 0.363. The summed E-state index contributed by atoms with van der Waals surface area (Å²) >= 11 is 0. The fraction of sp³-hybridized carbons (Fsp3) is 0.0769. The van der Waals surface area contributed by atoms with Gasteiger partial charge in [-0.05, 0) is 41.5 Å². The first-order valence-corrected chi connectivity index (χ1v) is 9.71. The molecule has 30 heavy (non-hydrogen) atoms. The van der Waals surface area contributed by atoms with Crippen LogP contribution in [0.15, 0.2) is 91.0 Å². The van der Waals surface area contributed by atoms with Crippen molar-refractivity contribution in [2.45, 2.75) is 12.8 Å². The van der Waals surface area contributed by atoms with Crippen LogP contribution in [0.25, 0.3) is 0 Å². The highest BCUT2D eigenvalue weighted by Crippen LogP contribution is 2.42. The van der Waals surface area contributed by atoms with Crippen LogP contribution in [0.2, 0.25) is 0 Å². The molecule has 0 fully saturated rings. The van der Waals surface area contributed by atoms with Gasteiger partial charge in [-0.2, -0.15) is 0 Å². The molecule has 0 unspecified atom stereocenters. The minimum atomic E-state index is -0.484. The molecule has 0 saturated heterocycles. The summed E-state index contributed by atoms with van der Waals surface area (Å²) in [4.78, 5) is 0. The predicted molar refractivity (Wildman–Crippen MR) is 116 cm³/mol. The zero-order chi connectivity index (χ0) is 20.9. The van der Waals surface area contributed by atoms with E-state index >= 15 is 0 Å². The fourth-order valence-electron chi connectivity index (χ4n) is 3.37. The Hall–Kier alpha value is -3.92. The van der Waals surface area contributed by atoms with Gasteiger partial charge in [0.25, 0.3) is 0 Å². The lowest BCUT2D eigenvalue weighted by Gasteiger charge is -2.13. The molecule has 4 aromatic rings. The van der Waals surface area contributed by atoms with Crippen molar-refractivity contribution >= 4 is 0 Å². The van der Waals surface area contributed by atoms with E-state index in [1.54, 1.807) is 6.07 Å². The summed E-state index contributed by atoms with van der Waals surface area (Å²) in [6.07, 6.45) is 0.866. The first-order chi connectivity index (χ1) is 14.6. The molecule has 0 aliphatic carbocycles. The Bertz CT molecular complexity index is 1120. The standard InChI is InChI=1S/C26H22O4/c27-24-20(15-18-7-3-1-4-8-18)17-21(25(28)26(24)29)16-19-11-13-23(14-12-19)30-22-9-5-2-6-10-22/h1-14,17,27-29H,15-16H2. The Morgan fingerprint density at radius 3 is 1.53 bits per heavy atom. The normalized spacial score (nSPS) is 10.7. The molecule has 4 heteroatoms. The molecule has 4 nitrogen and oxygen atoms in total. The highest BCUT2D eigenvalue weighted by molar-refractivity contribution is 5.59. The third kappa shape index (κ3) is 4.39. The molecule has 0 aliphatic rings. The van der Waals surface area contributed by atoms with Crippen LogP contribution in [0.5, 0.6) is 28.7 Å². The molecular formula is C26H22O4. The van der Waals surface area contributed by atoms with Crippen LogP contribution in [-0.4, -0.2) is 15.3 Å². The molecule has 0 bridgehead atoms. The molecule has 150 valence electrons. The number of phenols is 3. The van der Waals surface area contributed by atoms with Crippen molar-refractivity contribution in [2.75, 3.05) is 0 Å². The first kappa shape index (κ1) is 19.4. The zero-order valence-electron chi connectivity index (χ0n) is 16.3. The Labute approximate surface area is 175 Å². The average Bonchev–Trinajstić information content (AvgIpc) is 2.78. The highest BCUT2D eigenvalue weighted by atomic mass is 16.5. The summed E-state index contributed by atoms with van der Waals surface area (Å²) in [7, 11) is 0. The summed E-state index contributed by atoms with van der Waals surface area (Å²) in [5, 5.41) is 30.8. The van der Waals surface area contributed by atoms with E-state index in [1.807, 2.05) is 84.9 Å². The molecule has 4 rings (SSSR count). The van der Waals surface area contributed by atoms with Crippen molar-refractivity contribution in [3.63, 3.8) is 0 Å². The topological polar surface area (TPSA) is 69.9 Å². The summed E-state index contributed by atoms with van der Waals surface area (Å²) in [6, 6.07) is 28.5. The van der Waals surface area contributed by atoms with E-state index in [0.29, 0.717) is 29.7 Å². The van der Waals surface area contributed by atoms with Crippen LogP contribution in [0, 0.1) is 0 Å². The molecule has 0 aliphatic heterocycles. The second-order valence-electron chi connectivity index (χ2n) is 7.14. The molecule has 3 N–H and O–H groups in total. The number of aromatic hydroxyl groups is 3. The SMILES string of the molecule is Oc1c(Cc2ccccc2)cc(Cc2ccc(Oc3ccccc3)cc2)c(O)c1O. The van der Waals surface area contributed by atoms with E-state index in [1.165, 1.54) is 0 Å². The maximum absolute atomic E-state index is 10.3. The van der Waals surface area contributed by atoms with Gasteiger partial charge in [0.05, 0.1) is 0 Å². The summed E-state index contributed by atoms with van der Waals surface area (Å²) in [5.41, 5.74) is 3.07. The number of rotatable bonds is 6. The van der Waals surface area contributed by atoms with E-state index in [0.717, 1.165) is 16.9 Å². The van der Waals surface area contributed by atoms with E-state index in [9.17, 15) is 15.3 Å². The van der Waals surface area contributed by atoms with Gasteiger partial charge in [0.1, 0.15) is 11.5 Å². The third-order valence-electron chi connectivity index (χ3n) is 4.94. The molecule has 0 heterocycles. The van der Waals surface area contributed by atoms with E-state index in [-0.39, 0.29) is 11.5 Å². The van der Waals surface area contributed by atoms with Crippen molar-refractivity contribution in [3.05, 3.63) is 113 Å². The van der Waals surface area contributed by atoms with E-state index < -0.39 is 5.75 Å². The number of hydrogen-bond donors (Lipinski definition) is 3. The monoisotopic (exact) mass is 398 g/mol. The lowest BCUT2D eigenvalue weighted by atomic mass is 9.97. The van der Waals surface area contributed by atoms with Gasteiger partial charge in [0, 0.05) is 24.0 Å². The second kappa shape index (κ2) is 8.62. The van der Waals surface area contributed by atoms with E-state index in [4.69, 9.17) is 4.74 Å². The number of phenolic OH excluding ortho intramolecular Hbond substituents is 3. The summed E-state index contributed by atoms with van der Waals surface area (Å²) in [6.45, 7) is 0. The average molecular weight is 398 g/mol. The minimum Gasteiger partial charge on any atom is -0.504 e. The van der Waals surface area contributed by atoms with Gasteiger partial charge in [-0.15, -0.1) is 0 Å². The Kier molecular flexibility index (Phi) is 5.57. The van der Waals surface area contributed by atoms with Crippen LogP contribution in [0.1, 0.15) is 22.3 Å². The molecule has 0 spiro atoms. The Balaban J connectivity index is 1.55. The Morgan fingerprint density at radius 2 is 0.967 bits per heavy atom. The third-order valence-corrected chi connectivity index (χ3v) is 4.94. The molecular weight excluding hydrogens is 376 g/mol. The maximum Gasteiger partial charge on any atom is 0.200 e. The van der Waals surface area contributed by atoms with Crippen LogP contribution in [0.3, 0.4) is 0 Å². The number of hydrogen-bond acceptors (Lipinski definition) is 4. The quantitative estimate of drug-likeness (QED) is 0.360. The molecule has 0 atom stereocenters. The minimum absolute atomic E-state index is 0.285. The first-order valence-electron chi connectivity index (χ1n) is 9.71. The van der Waals surface area contributed by atoms with Crippen molar-refractivity contribution in [1.82, 2.24) is 0 Å². The van der Waals surface area contributed by atoms with Crippen molar-refractivity contribution < 1.29 is 20.1 Å². The smallest absolute Gasteiger partial charge is 0.200 e. The molecule has 4 aromatic carbocycles. The predicted octanol–water partition coefficient (Wildman–Crippen LogP) is 5.78. The second-order valence-corrected chi connectivity index (χ2v) is 7.14. The van der Waals surface area contributed by atoms with Crippen molar-refractivity contribution in [3.8, 4) is 28.7 Å². The van der Waals surface area contributed by atoms with Crippen LogP contribution >= 0.6 is 0 Å². The summed E-state index contributed by atoms with van der Waals surface area (Å²) in [5.74, 6) is 0.410. The van der Waals surface area contributed by atoms with Gasteiger partial charge < -0.3 is 20.1 Å². The maximum atomic E-state index is 10.3.